The molecule has 12 heteroatoms. The van der Waals surface area contributed by atoms with Gasteiger partial charge in [0, 0.05) is 36.0 Å². The highest BCUT2D eigenvalue weighted by Gasteiger charge is 2.28. The molecule has 0 saturated heterocycles. The molecule has 0 radical (unpaired) electrons. The van der Waals surface area contributed by atoms with E-state index in [1.807, 2.05) is 84.4 Å². The molecule has 0 aliphatic heterocycles. The summed E-state index contributed by atoms with van der Waals surface area (Å²) < 4.78 is 9.60. The number of imidazole rings is 1. The minimum Gasteiger partial charge on any atom is -0.488 e. The van der Waals surface area contributed by atoms with Crippen LogP contribution in [-0.2, 0) is 13.0 Å². The van der Waals surface area contributed by atoms with Crippen LogP contribution in [0.1, 0.15) is 55.4 Å². The lowest BCUT2D eigenvalue weighted by Gasteiger charge is -2.17. The first-order valence-corrected chi connectivity index (χ1v) is 16.5. The van der Waals surface area contributed by atoms with E-state index in [0.29, 0.717) is 47.1 Å². The van der Waals surface area contributed by atoms with Crippen LogP contribution in [0.25, 0.3) is 34.1 Å². The number of nitrogens with two attached hydrogens (primary N) is 2. The molecule has 4 heterocycles. The fraction of sp³-hybridized carbons (Fsp3) is 0.128. The molecule has 0 fully saturated rings. The van der Waals surface area contributed by atoms with Crippen molar-refractivity contribution < 1.29 is 14.3 Å². The number of carbonyl (C=O) groups is 2. The van der Waals surface area contributed by atoms with Crippen LogP contribution >= 0.6 is 0 Å². The normalized spacial score (nSPS) is 13.6. The summed E-state index contributed by atoms with van der Waals surface area (Å²) in [5.74, 6) is 1.59. The van der Waals surface area contributed by atoms with E-state index in [9.17, 15) is 9.59 Å². The largest absolute Gasteiger partial charge is 0.488 e. The van der Waals surface area contributed by atoms with Crippen LogP contribution in [0.3, 0.4) is 0 Å². The van der Waals surface area contributed by atoms with Gasteiger partial charge in [-0.05, 0) is 84.5 Å². The Labute approximate surface area is 292 Å². The van der Waals surface area contributed by atoms with E-state index < -0.39 is 0 Å². The summed E-state index contributed by atoms with van der Waals surface area (Å²) in [6.45, 7) is 2.26. The smallest absolute Gasteiger partial charge is 0.253 e. The standard InChI is InChI=1S/C39H33N9O3/c1-23-17-34(47-16-6-15-43-47)45-38-35(23)46-37(29-9-5-14-42-36(29)41)48(38)27-11-12-28-25(18-27)10-13-32(28)44-39(50)30-19-26(21-49)33(20-31(30)40)51-22-24-7-3-2-4-8-24/h2-9,11-12,14-21,32H,10,13,22,40H2,1H3,(H2,41,42)(H,44,50). The molecule has 1 amide bonds. The van der Waals surface area contributed by atoms with E-state index in [0.717, 1.165) is 39.9 Å². The number of anilines is 2. The van der Waals surface area contributed by atoms with Crippen molar-refractivity contribution in [2.24, 2.45) is 0 Å². The molecule has 0 saturated carbocycles. The molecule has 51 heavy (non-hydrogen) atoms. The van der Waals surface area contributed by atoms with Crippen LogP contribution in [0.4, 0.5) is 11.5 Å². The van der Waals surface area contributed by atoms with Gasteiger partial charge >= 0.3 is 0 Å². The number of nitrogens with one attached hydrogen (secondary N) is 1. The lowest BCUT2D eigenvalue weighted by atomic mass is 10.0. The predicted octanol–water partition coefficient (Wildman–Crippen LogP) is 5.95. The van der Waals surface area contributed by atoms with E-state index in [-0.39, 0.29) is 35.4 Å². The maximum Gasteiger partial charge on any atom is 0.253 e. The van der Waals surface area contributed by atoms with Gasteiger partial charge in [-0.2, -0.15) is 5.10 Å². The highest BCUT2D eigenvalue weighted by Crippen LogP contribution is 2.37. The van der Waals surface area contributed by atoms with E-state index in [1.54, 1.807) is 17.1 Å². The van der Waals surface area contributed by atoms with Gasteiger partial charge in [-0.15, -0.1) is 0 Å². The van der Waals surface area contributed by atoms with Crippen molar-refractivity contribution in [1.29, 1.82) is 0 Å². The lowest BCUT2D eigenvalue weighted by Crippen LogP contribution is -2.28. The summed E-state index contributed by atoms with van der Waals surface area (Å²) in [6.07, 6.45) is 7.30. The Hall–Kier alpha value is -6.82. The van der Waals surface area contributed by atoms with Crippen molar-refractivity contribution in [1.82, 2.24) is 34.6 Å². The highest BCUT2D eigenvalue weighted by atomic mass is 16.5. The Kier molecular flexibility index (Phi) is 7.95. The Balaban J connectivity index is 1.11. The average Bonchev–Trinajstić information content (AvgIpc) is 3.91. The Morgan fingerprint density at radius 3 is 2.65 bits per heavy atom. The zero-order chi connectivity index (χ0) is 35.1. The third-order valence-corrected chi connectivity index (χ3v) is 9.17. The van der Waals surface area contributed by atoms with Crippen LogP contribution in [0.5, 0.6) is 5.75 Å². The first-order valence-electron chi connectivity index (χ1n) is 16.5. The van der Waals surface area contributed by atoms with Gasteiger partial charge in [0.05, 0.1) is 22.7 Å². The summed E-state index contributed by atoms with van der Waals surface area (Å²) in [5.41, 5.74) is 20.3. The topological polar surface area (TPSA) is 169 Å². The number of carbonyl (C=O) groups excluding carboxylic acids is 2. The van der Waals surface area contributed by atoms with Gasteiger partial charge in [0.25, 0.3) is 5.91 Å². The lowest BCUT2D eigenvalue weighted by molar-refractivity contribution is 0.0937. The number of nitrogens with zero attached hydrogens (tertiary/aromatic N) is 6. The number of benzene rings is 3. The van der Waals surface area contributed by atoms with E-state index in [1.165, 1.54) is 12.1 Å². The van der Waals surface area contributed by atoms with Gasteiger partial charge in [-0.25, -0.2) is 19.6 Å². The molecular formula is C39H33N9O3. The van der Waals surface area contributed by atoms with Crippen LogP contribution in [0.15, 0.2) is 104 Å². The predicted molar refractivity (Wildman–Crippen MR) is 194 cm³/mol. The van der Waals surface area contributed by atoms with Gasteiger partial charge in [0.1, 0.15) is 23.7 Å². The summed E-state index contributed by atoms with van der Waals surface area (Å²) in [6, 6.07) is 26.0. The van der Waals surface area contributed by atoms with Crippen LogP contribution in [0, 0.1) is 6.92 Å². The number of pyridine rings is 2. The maximum atomic E-state index is 13.6. The minimum absolute atomic E-state index is 0.215. The number of aldehydes is 1. The quantitative estimate of drug-likeness (QED) is 0.124. The van der Waals surface area contributed by atoms with Gasteiger partial charge in [-0.1, -0.05) is 36.4 Å². The zero-order valence-electron chi connectivity index (χ0n) is 27.7. The fourth-order valence-corrected chi connectivity index (χ4v) is 6.63. The molecule has 4 aromatic heterocycles. The third-order valence-electron chi connectivity index (χ3n) is 9.17. The second-order valence-electron chi connectivity index (χ2n) is 12.4. The van der Waals surface area contributed by atoms with Crippen LogP contribution < -0.4 is 21.5 Å². The van der Waals surface area contributed by atoms with Crippen molar-refractivity contribution in [2.45, 2.75) is 32.4 Å². The number of rotatable bonds is 9. The van der Waals surface area contributed by atoms with Crippen LogP contribution in [-0.4, -0.2) is 41.5 Å². The molecule has 3 aromatic carbocycles. The zero-order valence-corrected chi connectivity index (χ0v) is 27.7. The Bertz CT molecular complexity index is 2440. The molecule has 1 atom stereocenters. The second kappa shape index (κ2) is 12.9. The first-order chi connectivity index (χ1) is 24.9. The molecule has 8 rings (SSSR count). The molecule has 12 nitrogen and oxygen atoms in total. The number of amides is 1. The van der Waals surface area contributed by atoms with E-state index in [2.05, 4.69) is 21.5 Å². The van der Waals surface area contributed by atoms with Crippen molar-refractivity contribution >= 4 is 34.9 Å². The monoisotopic (exact) mass is 675 g/mol. The molecule has 0 bridgehead atoms. The Morgan fingerprint density at radius 2 is 1.86 bits per heavy atom. The number of nitrogen functional groups attached to an aromatic ring is 2. The maximum absolute atomic E-state index is 13.6. The van der Waals surface area contributed by atoms with Crippen molar-refractivity contribution in [3.63, 3.8) is 0 Å². The summed E-state index contributed by atoms with van der Waals surface area (Å²) >= 11 is 0. The van der Waals surface area contributed by atoms with Gasteiger partial charge < -0.3 is 21.5 Å². The summed E-state index contributed by atoms with van der Waals surface area (Å²) in [7, 11) is 0. The number of fused-ring (bicyclic) bond motifs is 2. The molecule has 0 spiro atoms. The van der Waals surface area contributed by atoms with Gasteiger partial charge in [0.2, 0.25) is 0 Å². The molecule has 1 aliphatic carbocycles. The van der Waals surface area contributed by atoms with Gasteiger partial charge in [-0.3, -0.25) is 14.2 Å². The molecule has 1 unspecified atom stereocenters. The summed E-state index contributed by atoms with van der Waals surface area (Å²) in [5, 5.41) is 7.52. The minimum atomic E-state index is -0.368. The fourth-order valence-electron chi connectivity index (χ4n) is 6.63. The van der Waals surface area contributed by atoms with E-state index >= 15 is 0 Å². The highest BCUT2D eigenvalue weighted by molar-refractivity contribution is 6.01. The van der Waals surface area contributed by atoms with Crippen molar-refractivity contribution in [3.8, 4) is 28.6 Å². The number of aromatic nitrogens is 6. The number of hydrogen-bond donors (Lipinski definition) is 3. The SMILES string of the molecule is Cc1cc(-n2cccn2)nc2c1nc(-c1cccnc1N)n2-c1ccc2c(c1)CCC2NC(=O)c1cc(C=O)c(OCc2ccccc2)cc1N. The number of aryl methyl sites for hydroxylation is 2. The molecule has 252 valence electrons. The molecular weight excluding hydrogens is 642 g/mol. The first kappa shape index (κ1) is 31.4. The van der Waals surface area contributed by atoms with Crippen molar-refractivity contribution in [3.05, 3.63) is 137 Å². The number of ether oxygens (including phenoxy) is 1. The molecule has 1 aliphatic rings. The second-order valence-corrected chi connectivity index (χ2v) is 12.4. The van der Waals surface area contributed by atoms with Crippen LogP contribution in [0.2, 0.25) is 0 Å². The van der Waals surface area contributed by atoms with E-state index in [4.69, 9.17) is 26.2 Å². The third kappa shape index (κ3) is 5.82. The number of hydrogen-bond acceptors (Lipinski definition) is 9. The average molecular weight is 676 g/mol. The molecule has 7 aromatic rings. The molecule has 5 N–H and O–H groups in total. The van der Waals surface area contributed by atoms with Gasteiger partial charge in [0.15, 0.2) is 23.6 Å². The van der Waals surface area contributed by atoms with Crippen molar-refractivity contribution in [2.75, 3.05) is 11.5 Å². The Morgan fingerprint density at radius 1 is 1.00 bits per heavy atom. The summed E-state index contributed by atoms with van der Waals surface area (Å²) in [4.78, 5) is 39.9.